The Morgan fingerprint density at radius 1 is 1.33 bits per heavy atom. The summed E-state index contributed by atoms with van der Waals surface area (Å²) in [7, 11) is 3.96. The first-order valence-corrected chi connectivity index (χ1v) is 7.34. The van der Waals surface area contributed by atoms with Crippen LogP contribution in [0.4, 0.5) is 5.69 Å². The Hall–Kier alpha value is -1.88. The highest BCUT2D eigenvalue weighted by Crippen LogP contribution is 2.31. The molecule has 1 atom stereocenters. The van der Waals surface area contributed by atoms with Gasteiger partial charge in [-0.3, -0.25) is 9.59 Å². The lowest BCUT2D eigenvalue weighted by molar-refractivity contribution is -0.137. The molecular weight excluding hydrogens is 266 g/mol. The molecular formula is C16H23N3O2. The Morgan fingerprint density at radius 3 is 2.76 bits per heavy atom. The van der Waals surface area contributed by atoms with Gasteiger partial charge in [-0.1, -0.05) is 18.2 Å². The lowest BCUT2D eigenvalue weighted by Crippen LogP contribution is -2.46. The molecule has 2 amide bonds. The fourth-order valence-electron chi connectivity index (χ4n) is 2.66. The summed E-state index contributed by atoms with van der Waals surface area (Å²) in [6.07, 6.45) is 1.63. The highest BCUT2D eigenvalue weighted by molar-refractivity contribution is 6.40. The molecule has 1 aliphatic rings. The molecule has 0 bridgehead atoms. The van der Waals surface area contributed by atoms with Gasteiger partial charge in [0.25, 0.3) is 0 Å². The van der Waals surface area contributed by atoms with E-state index in [1.165, 1.54) is 0 Å². The zero-order valence-corrected chi connectivity index (χ0v) is 12.9. The molecule has 0 saturated heterocycles. The molecule has 0 radical (unpaired) electrons. The number of hydrogen-bond donors (Lipinski definition) is 1. The Labute approximate surface area is 125 Å². The minimum atomic E-state index is -0.516. The van der Waals surface area contributed by atoms with E-state index in [4.69, 9.17) is 0 Å². The number of anilines is 1. The van der Waals surface area contributed by atoms with E-state index in [-0.39, 0.29) is 6.04 Å². The van der Waals surface area contributed by atoms with E-state index in [1.807, 2.05) is 50.2 Å². The molecule has 1 N–H and O–H groups in total. The van der Waals surface area contributed by atoms with Crippen LogP contribution in [0.3, 0.4) is 0 Å². The maximum atomic E-state index is 12.3. The number of nitrogens with zero attached hydrogens (tertiary/aromatic N) is 2. The summed E-state index contributed by atoms with van der Waals surface area (Å²) in [6, 6.07) is 7.79. The van der Waals surface area contributed by atoms with Crippen LogP contribution in [0.1, 0.15) is 18.9 Å². The van der Waals surface area contributed by atoms with Crippen LogP contribution >= 0.6 is 0 Å². The summed E-state index contributed by atoms with van der Waals surface area (Å²) in [5, 5.41) is 2.71. The van der Waals surface area contributed by atoms with Gasteiger partial charge in [0.15, 0.2) is 0 Å². The van der Waals surface area contributed by atoms with Gasteiger partial charge in [-0.2, -0.15) is 0 Å². The minimum Gasteiger partial charge on any atom is -0.348 e. The number of para-hydroxylation sites is 1. The molecule has 0 fully saturated rings. The first-order valence-electron chi connectivity index (χ1n) is 7.34. The van der Waals surface area contributed by atoms with Gasteiger partial charge in [0, 0.05) is 18.3 Å². The molecule has 114 valence electrons. The molecule has 1 unspecified atom stereocenters. The van der Waals surface area contributed by atoms with E-state index in [0.29, 0.717) is 6.54 Å². The van der Waals surface area contributed by atoms with Crippen molar-refractivity contribution < 1.29 is 9.59 Å². The number of benzene rings is 1. The van der Waals surface area contributed by atoms with E-state index >= 15 is 0 Å². The van der Waals surface area contributed by atoms with Crippen LogP contribution in [0.25, 0.3) is 0 Å². The largest absolute Gasteiger partial charge is 0.348 e. The normalized spacial score (nSPS) is 17.0. The molecule has 0 aromatic heterocycles. The van der Waals surface area contributed by atoms with Gasteiger partial charge in [0.05, 0.1) is 0 Å². The van der Waals surface area contributed by atoms with Crippen molar-refractivity contribution in [1.82, 2.24) is 10.2 Å². The third kappa shape index (κ3) is 3.61. The Balaban J connectivity index is 1.95. The Kier molecular flexibility index (Phi) is 4.96. The van der Waals surface area contributed by atoms with Crippen molar-refractivity contribution in [2.24, 2.45) is 0 Å². The second-order valence-electron chi connectivity index (χ2n) is 5.77. The van der Waals surface area contributed by atoms with E-state index in [9.17, 15) is 9.59 Å². The number of fused-ring (bicyclic) bond motifs is 1. The zero-order chi connectivity index (χ0) is 15.4. The van der Waals surface area contributed by atoms with Gasteiger partial charge in [-0.05, 0) is 52.0 Å². The van der Waals surface area contributed by atoms with Crippen molar-refractivity contribution in [2.75, 3.05) is 32.1 Å². The summed E-state index contributed by atoms with van der Waals surface area (Å²) in [5.41, 5.74) is 1.98. The number of rotatable bonds is 4. The molecule has 1 heterocycles. The minimum absolute atomic E-state index is 0.0300. The molecule has 1 aromatic carbocycles. The number of carbonyl (C=O) groups is 2. The maximum absolute atomic E-state index is 12.3. The molecule has 1 aromatic rings. The van der Waals surface area contributed by atoms with Crippen LogP contribution < -0.4 is 10.2 Å². The van der Waals surface area contributed by atoms with Gasteiger partial charge in [0.2, 0.25) is 0 Å². The average molecular weight is 289 g/mol. The number of amides is 2. The summed E-state index contributed by atoms with van der Waals surface area (Å²) in [6.45, 7) is 3.38. The third-order valence-corrected chi connectivity index (χ3v) is 3.69. The lowest BCUT2D eigenvalue weighted by Gasteiger charge is -2.22. The monoisotopic (exact) mass is 289 g/mol. The Morgan fingerprint density at radius 2 is 2.05 bits per heavy atom. The van der Waals surface area contributed by atoms with Crippen molar-refractivity contribution in [3.63, 3.8) is 0 Å². The topological polar surface area (TPSA) is 52.7 Å². The van der Waals surface area contributed by atoms with Crippen LogP contribution in [0.5, 0.6) is 0 Å². The number of hydrogen-bond acceptors (Lipinski definition) is 3. The Bertz CT molecular complexity index is 528. The van der Waals surface area contributed by atoms with E-state index in [2.05, 4.69) is 5.32 Å². The van der Waals surface area contributed by atoms with Gasteiger partial charge in [0.1, 0.15) is 0 Å². The van der Waals surface area contributed by atoms with Crippen molar-refractivity contribution >= 4 is 17.5 Å². The van der Waals surface area contributed by atoms with Gasteiger partial charge >= 0.3 is 11.8 Å². The molecule has 2 rings (SSSR count). The molecule has 1 aliphatic heterocycles. The van der Waals surface area contributed by atoms with Gasteiger partial charge in [-0.25, -0.2) is 0 Å². The van der Waals surface area contributed by atoms with Crippen molar-refractivity contribution in [1.29, 1.82) is 0 Å². The smallest absolute Gasteiger partial charge is 0.316 e. The molecule has 0 saturated carbocycles. The predicted octanol–water partition coefficient (Wildman–Crippen LogP) is 1.03. The SMILES string of the molecule is CC1Cc2ccccc2N1C(=O)C(=O)NCCCN(C)C. The standard InChI is InChI=1S/C16H23N3O2/c1-12-11-13-7-4-5-8-14(13)19(12)16(21)15(20)17-9-6-10-18(2)3/h4-5,7-8,12H,6,9-11H2,1-3H3,(H,17,20). The van der Waals surface area contributed by atoms with E-state index in [1.54, 1.807) is 4.90 Å². The quantitative estimate of drug-likeness (QED) is 0.665. The molecule has 5 nitrogen and oxygen atoms in total. The van der Waals surface area contributed by atoms with Crippen LogP contribution in [-0.2, 0) is 16.0 Å². The first kappa shape index (κ1) is 15.5. The molecule has 5 heteroatoms. The highest BCUT2D eigenvalue weighted by atomic mass is 16.2. The average Bonchev–Trinajstić information content (AvgIpc) is 2.78. The van der Waals surface area contributed by atoms with Crippen LogP contribution in [0.2, 0.25) is 0 Å². The fourth-order valence-corrected chi connectivity index (χ4v) is 2.66. The van der Waals surface area contributed by atoms with Gasteiger partial charge < -0.3 is 15.1 Å². The van der Waals surface area contributed by atoms with Crippen molar-refractivity contribution in [2.45, 2.75) is 25.8 Å². The lowest BCUT2D eigenvalue weighted by atomic mass is 10.1. The third-order valence-electron chi connectivity index (χ3n) is 3.69. The maximum Gasteiger partial charge on any atom is 0.316 e. The van der Waals surface area contributed by atoms with Gasteiger partial charge in [-0.15, -0.1) is 0 Å². The molecule has 0 spiro atoms. The summed E-state index contributed by atoms with van der Waals surface area (Å²) in [5.74, 6) is -0.977. The number of carbonyl (C=O) groups excluding carboxylic acids is 2. The van der Waals surface area contributed by atoms with Crippen molar-refractivity contribution in [3.8, 4) is 0 Å². The van der Waals surface area contributed by atoms with E-state index in [0.717, 1.165) is 30.6 Å². The summed E-state index contributed by atoms with van der Waals surface area (Å²) in [4.78, 5) is 28.0. The molecule has 21 heavy (non-hydrogen) atoms. The zero-order valence-electron chi connectivity index (χ0n) is 12.9. The summed E-state index contributed by atoms with van der Waals surface area (Å²) >= 11 is 0. The summed E-state index contributed by atoms with van der Waals surface area (Å²) < 4.78 is 0. The molecule has 0 aliphatic carbocycles. The fraction of sp³-hybridized carbons (Fsp3) is 0.500. The number of nitrogens with one attached hydrogen (secondary N) is 1. The van der Waals surface area contributed by atoms with Crippen LogP contribution in [-0.4, -0.2) is 49.9 Å². The van der Waals surface area contributed by atoms with Crippen LogP contribution in [0, 0.1) is 0 Å². The highest BCUT2D eigenvalue weighted by Gasteiger charge is 2.33. The predicted molar refractivity (Wildman–Crippen MR) is 83.3 cm³/mol. The first-order chi connectivity index (χ1) is 10.0. The second-order valence-corrected chi connectivity index (χ2v) is 5.77. The van der Waals surface area contributed by atoms with Crippen LogP contribution in [0.15, 0.2) is 24.3 Å². The van der Waals surface area contributed by atoms with E-state index < -0.39 is 11.8 Å². The van der Waals surface area contributed by atoms with Crippen molar-refractivity contribution in [3.05, 3.63) is 29.8 Å². The second kappa shape index (κ2) is 6.72.